The summed E-state index contributed by atoms with van der Waals surface area (Å²) in [5, 5.41) is 6.03. The molecule has 34 heavy (non-hydrogen) atoms. The largest absolute Gasteiger partial charge is 0.462 e. The van der Waals surface area contributed by atoms with E-state index in [0.717, 1.165) is 22.2 Å². The highest BCUT2D eigenvalue weighted by atomic mass is 32.1. The number of nitrogens with zero attached hydrogens (tertiary/aromatic N) is 1. The van der Waals surface area contributed by atoms with E-state index in [9.17, 15) is 19.2 Å². The van der Waals surface area contributed by atoms with Gasteiger partial charge in [0.15, 0.2) is 6.61 Å². The molecular weight excluding hydrogens is 458 g/mol. The van der Waals surface area contributed by atoms with Crippen molar-refractivity contribution in [1.29, 1.82) is 0 Å². The zero-order valence-electron chi connectivity index (χ0n) is 19.5. The lowest BCUT2D eigenvalue weighted by molar-refractivity contribution is -0.119. The number of para-hydroxylation sites is 1. The van der Waals surface area contributed by atoms with Gasteiger partial charge in [-0.15, -0.1) is 11.3 Å². The van der Waals surface area contributed by atoms with Gasteiger partial charge >= 0.3 is 11.9 Å². The molecule has 2 N–H and O–H groups in total. The lowest BCUT2D eigenvalue weighted by atomic mass is 10.0. The number of nitrogens with one attached hydrogen (secondary N) is 2. The van der Waals surface area contributed by atoms with Gasteiger partial charge in [0, 0.05) is 12.4 Å². The second-order valence-electron chi connectivity index (χ2n) is 7.40. The summed E-state index contributed by atoms with van der Waals surface area (Å²) in [5.41, 5.74) is 2.75. The number of fused-ring (bicyclic) bond motifs is 1. The second kappa shape index (κ2) is 10.4. The van der Waals surface area contributed by atoms with Crippen LogP contribution in [0.5, 0.6) is 0 Å². The van der Waals surface area contributed by atoms with Crippen LogP contribution < -0.4 is 10.6 Å². The minimum Gasteiger partial charge on any atom is -0.462 e. The smallest absolute Gasteiger partial charge is 0.341 e. The van der Waals surface area contributed by atoms with E-state index in [2.05, 4.69) is 15.6 Å². The summed E-state index contributed by atoms with van der Waals surface area (Å²) < 4.78 is 10.3. The number of benzene rings is 1. The van der Waals surface area contributed by atoms with Gasteiger partial charge < -0.3 is 20.1 Å². The van der Waals surface area contributed by atoms with E-state index in [-0.39, 0.29) is 22.0 Å². The van der Waals surface area contributed by atoms with Gasteiger partial charge in [-0.25, -0.2) is 9.59 Å². The van der Waals surface area contributed by atoms with Crippen molar-refractivity contribution in [3.05, 3.63) is 57.1 Å². The average Bonchev–Trinajstić information content (AvgIpc) is 3.12. The summed E-state index contributed by atoms with van der Waals surface area (Å²) in [4.78, 5) is 54.6. The van der Waals surface area contributed by atoms with Crippen molar-refractivity contribution in [2.24, 2.45) is 0 Å². The molecule has 3 rings (SSSR count). The number of carbonyl (C=O) groups is 4. The van der Waals surface area contributed by atoms with Crippen LogP contribution in [-0.4, -0.2) is 49.0 Å². The maximum Gasteiger partial charge on any atom is 0.341 e. The highest BCUT2D eigenvalue weighted by molar-refractivity contribution is 7.18. The Bertz CT molecular complexity index is 1300. The van der Waals surface area contributed by atoms with Gasteiger partial charge in [0.05, 0.1) is 33.8 Å². The standard InChI is InChI=1S/C24H25N3O6S/c1-6-32-24(31)19-13(3)20(21(29)25-5)34-22(19)27-17(28)11-33-23(30)18-12(2)15-9-7-8-10-16(15)26-14(18)4/h7-10H,6,11H2,1-5H3,(H,25,29)(H,27,28). The Kier molecular flexibility index (Phi) is 7.62. The zero-order valence-corrected chi connectivity index (χ0v) is 20.3. The Labute approximate surface area is 200 Å². The van der Waals surface area contributed by atoms with Crippen LogP contribution in [0.15, 0.2) is 24.3 Å². The van der Waals surface area contributed by atoms with E-state index in [1.165, 1.54) is 7.05 Å². The third kappa shape index (κ3) is 4.91. The minimum absolute atomic E-state index is 0.0931. The molecule has 0 radical (unpaired) electrons. The molecular formula is C24H25N3O6S. The zero-order chi connectivity index (χ0) is 25.0. The number of carbonyl (C=O) groups excluding carboxylic acids is 4. The molecule has 0 unspecified atom stereocenters. The van der Waals surface area contributed by atoms with Gasteiger partial charge in [-0.1, -0.05) is 18.2 Å². The molecule has 2 heterocycles. The highest BCUT2D eigenvalue weighted by Gasteiger charge is 2.27. The first-order valence-electron chi connectivity index (χ1n) is 10.5. The van der Waals surface area contributed by atoms with Crippen molar-refractivity contribution in [1.82, 2.24) is 10.3 Å². The van der Waals surface area contributed by atoms with Gasteiger partial charge in [0.25, 0.3) is 11.8 Å². The van der Waals surface area contributed by atoms with E-state index in [1.54, 1.807) is 27.7 Å². The number of hydrogen-bond acceptors (Lipinski definition) is 8. The second-order valence-corrected chi connectivity index (χ2v) is 8.42. The molecule has 2 amide bonds. The van der Waals surface area contributed by atoms with Crippen LogP contribution in [0.2, 0.25) is 0 Å². The molecule has 0 saturated heterocycles. The van der Waals surface area contributed by atoms with Gasteiger partial charge in [0.2, 0.25) is 0 Å². The van der Waals surface area contributed by atoms with E-state index in [4.69, 9.17) is 9.47 Å². The molecule has 2 aromatic heterocycles. The average molecular weight is 484 g/mol. The molecule has 1 aromatic carbocycles. The number of esters is 2. The quantitative estimate of drug-likeness (QED) is 0.493. The minimum atomic E-state index is -0.678. The third-order valence-electron chi connectivity index (χ3n) is 5.18. The highest BCUT2D eigenvalue weighted by Crippen LogP contribution is 2.34. The molecule has 10 heteroatoms. The van der Waals surface area contributed by atoms with Crippen LogP contribution in [0.3, 0.4) is 0 Å². The topological polar surface area (TPSA) is 124 Å². The van der Waals surface area contributed by atoms with Crippen LogP contribution >= 0.6 is 11.3 Å². The Morgan fingerprint density at radius 3 is 2.32 bits per heavy atom. The van der Waals surface area contributed by atoms with Crippen LogP contribution in [0.25, 0.3) is 10.9 Å². The van der Waals surface area contributed by atoms with Gasteiger partial charge in [-0.2, -0.15) is 0 Å². The number of thiophene rings is 1. The summed E-state index contributed by atoms with van der Waals surface area (Å²) in [6.45, 7) is 6.31. The summed E-state index contributed by atoms with van der Waals surface area (Å²) in [6.07, 6.45) is 0. The molecule has 0 aliphatic carbocycles. The molecule has 0 fully saturated rings. The van der Waals surface area contributed by atoms with Crippen molar-refractivity contribution in [2.75, 3.05) is 25.6 Å². The lowest BCUT2D eigenvalue weighted by Crippen LogP contribution is -2.22. The van der Waals surface area contributed by atoms with Crippen LogP contribution in [0.1, 0.15) is 54.1 Å². The van der Waals surface area contributed by atoms with Crippen molar-refractivity contribution in [3.63, 3.8) is 0 Å². The molecule has 178 valence electrons. The first-order valence-corrected chi connectivity index (χ1v) is 11.4. The lowest BCUT2D eigenvalue weighted by Gasteiger charge is -2.12. The van der Waals surface area contributed by atoms with Crippen molar-refractivity contribution in [2.45, 2.75) is 27.7 Å². The summed E-state index contributed by atoms with van der Waals surface area (Å²) in [6, 6.07) is 7.44. The van der Waals surface area contributed by atoms with Crippen molar-refractivity contribution >= 4 is 51.0 Å². The predicted molar refractivity (Wildman–Crippen MR) is 129 cm³/mol. The maximum absolute atomic E-state index is 12.8. The van der Waals surface area contributed by atoms with Crippen molar-refractivity contribution in [3.8, 4) is 0 Å². The number of hydrogen-bond donors (Lipinski definition) is 2. The third-order valence-corrected chi connectivity index (χ3v) is 6.39. The number of amides is 2. The molecule has 0 aliphatic rings. The number of rotatable bonds is 7. The molecule has 0 aliphatic heterocycles. The van der Waals surface area contributed by atoms with E-state index >= 15 is 0 Å². The summed E-state index contributed by atoms with van der Waals surface area (Å²) >= 11 is 0.943. The maximum atomic E-state index is 12.8. The summed E-state index contributed by atoms with van der Waals surface area (Å²) in [5.74, 6) is -2.39. The van der Waals surface area contributed by atoms with E-state index < -0.39 is 30.4 Å². The molecule has 9 nitrogen and oxygen atoms in total. The van der Waals surface area contributed by atoms with E-state index in [0.29, 0.717) is 22.4 Å². The van der Waals surface area contributed by atoms with Gasteiger partial charge in [0.1, 0.15) is 5.00 Å². The number of aryl methyl sites for hydroxylation is 2. The number of ether oxygens (including phenoxy) is 2. The van der Waals surface area contributed by atoms with Gasteiger partial charge in [-0.3, -0.25) is 14.6 Å². The molecule has 0 atom stereocenters. The van der Waals surface area contributed by atoms with Crippen LogP contribution in [0.4, 0.5) is 5.00 Å². The fourth-order valence-electron chi connectivity index (χ4n) is 3.58. The Balaban J connectivity index is 1.79. The van der Waals surface area contributed by atoms with Crippen LogP contribution in [0, 0.1) is 20.8 Å². The number of pyridine rings is 1. The fraction of sp³-hybridized carbons (Fsp3) is 0.292. The first-order chi connectivity index (χ1) is 16.2. The van der Waals surface area contributed by atoms with E-state index in [1.807, 2.05) is 24.3 Å². The first kappa shape index (κ1) is 24.8. The molecule has 0 spiro atoms. The van der Waals surface area contributed by atoms with Crippen molar-refractivity contribution < 1.29 is 28.7 Å². The number of aromatic nitrogens is 1. The SMILES string of the molecule is CCOC(=O)c1c(NC(=O)COC(=O)c2c(C)nc3ccccc3c2C)sc(C(=O)NC)c1C. The monoisotopic (exact) mass is 483 g/mol. The normalized spacial score (nSPS) is 10.6. The van der Waals surface area contributed by atoms with Crippen LogP contribution in [-0.2, 0) is 14.3 Å². The molecule has 3 aromatic rings. The Hall–Kier alpha value is -3.79. The number of anilines is 1. The Morgan fingerprint density at radius 1 is 0.971 bits per heavy atom. The van der Waals surface area contributed by atoms with Gasteiger partial charge in [-0.05, 0) is 44.9 Å². The Morgan fingerprint density at radius 2 is 1.65 bits per heavy atom. The molecule has 0 saturated carbocycles. The molecule has 0 bridgehead atoms. The summed E-state index contributed by atoms with van der Waals surface area (Å²) in [7, 11) is 1.47. The fourth-order valence-corrected chi connectivity index (χ4v) is 4.74. The predicted octanol–water partition coefficient (Wildman–Crippen LogP) is 3.55.